The highest BCUT2D eigenvalue weighted by molar-refractivity contribution is 6.32. The van der Waals surface area contributed by atoms with Crippen LogP contribution in [0.1, 0.15) is 16.7 Å². The number of benzene rings is 2. The Morgan fingerprint density at radius 3 is 2.74 bits per heavy atom. The van der Waals surface area contributed by atoms with Crippen molar-refractivity contribution < 1.29 is 5.11 Å². The molecule has 23 heavy (non-hydrogen) atoms. The maximum Gasteiger partial charge on any atom is 0.134 e. The number of hydrogen-bond acceptors (Lipinski definition) is 2. The maximum absolute atomic E-state index is 9.50. The molecule has 0 heterocycles. The molecule has 0 fully saturated rings. The molecule has 0 aromatic heterocycles. The van der Waals surface area contributed by atoms with Crippen LogP contribution in [0.5, 0.6) is 5.75 Å². The summed E-state index contributed by atoms with van der Waals surface area (Å²) in [6.07, 6.45) is 7.60. The van der Waals surface area contributed by atoms with Gasteiger partial charge in [-0.2, -0.15) is 0 Å². The van der Waals surface area contributed by atoms with Crippen molar-refractivity contribution in [2.75, 3.05) is 13.6 Å². The first kappa shape index (κ1) is 16.1. The molecule has 0 spiro atoms. The highest BCUT2D eigenvalue weighted by Crippen LogP contribution is 2.24. The van der Waals surface area contributed by atoms with Crippen LogP contribution < -0.4 is 0 Å². The van der Waals surface area contributed by atoms with Crippen molar-refractivity contribution in [2.45, 2.75) is 25.3 Å². The molecule has 0 aliphatic heterocycles. The van der Waals surface area contributed by atoms with Gasteiger partial charge in [-0.15, -0.1) is 0 Å². The summed E-state index contributed by atoms with van der Waals surface area (Å²) >= 11 is 5.98. The number of hydrogen-bond donors (Lipinski definition) is 1. The topological polar surface area (TPSA) is 23.5 Å². The molecule has 1 unspecified atom stereocenters. The molecule has 3 rings (SSSR count). The Balaban J connectivity index is 1.64. The van der Waals surface area contributed by atoms with Crippen LogP contribution in [-0.4, -0.2) is 29.6 Å². The molecule has 0 saturated heterocycles. The van der Waals surface area contributed by atoms with Crippen molar-refractivity contribution >= 4 is 11.6 Å². The molecule has 1 aliphatic rings. The summed E-state index contributed by atoms with van der Waals surface area (Å²) in [5, 5.41) is 9.92. The number of fused-ring (bicyclic) bond motifs is 1. The first-order valence-electron chi connectivity index (χ1n) is 8.04. The molecule has 1 atom stereocenters. The summed E-state index contributed by atoms with van der Waals surface area (Å²) in [4.78, 5) is 2.39. The van der Waals surface area contributed by atoms with Crippen molar-refractivity contribution in [1.82, 2.24) is 4.90 Å². The van der Waals surface area contributed by atoms with E-state index in [1.54, 1.807) is 6.07 Å². The van der Waals surface area contributed by atoms with E-state index in [1.165, 1.54) is 11.1 Å². The second-order valence-electron chi connectivity index (χ2n) is 6.19. The molecule has 0 amide bonds. The molecule has 1 aliphatic carbocycles. The van der Waals surface area contributed by atoms with Gasteiger partial charge >= 0.3 is 0 Å². The van der Waals surface area contributed by atoms with Crippen LogP contribution in [0.3, 0.4) is 0 Å². The number of phenolic OH excluding ortho intramolecular Hbond substituents is 1. The van der Waals surface area contributed by atoms with Gasteiger partial charge in [0.2, 0.25) is 0 Å². The zero-order valence-electron chi connectivity index (χ0n) is 13.4. The van der Waals surface area contributed by atoms with Crippen LogP contribution in [0.15, 0.2) is 54.6 Å². The number of likely N-dealkylation sites (N-methyl/N-ethyl adjacent to an activating group) is 1. The molecular formula is C20H22ClNO. The molecule has 0 bridgehead atoms. The van der Waals surface area contributed by atoms with Crippen molar-refractivity contribution in [3.8, 4) is 5.75 Å². The molecule has 0 radical (unpaired) electrons. The standard InChI is InChI=1S/C20H22ClNO/c1-22(12-11-15-9-10-20(23)19(21)13-15)18-8-4-7-16-5-2-3-6-17(16)14-18/h2-6,8-10,13,18,23H,7,11-12,14H2,1H3. The van der Waals surface area contributed by atoms with Crippen LogP contribution in [0.25, 0.3) is 0 Å². The largest absolute Gasteiger partial charge is 0.506 e. The summed E-state index contributed by atoms with van der Waals surface area (Å²) in [5.74, 6) is 0.145. The van der Waals surface area contributed by atoms with Gasteiger partial charge in [-0.25, -0.2) is 0 Å². The molecule has 1 N–H and O–H groups in total. The quantitative estimate of drug-likeness (QED) is 0.849. The van der Waals surface area contributed by atoms with E-state index >= 15 is 0 Å². The molecule has 0 saturated carbocycles. The molecule has 2 nitrogen and oxygen atoms in total. The normalized spacial score (nSPS) is 17.1. The fourth-order valence-electron chi connectivity index (χ4n) is 3.08. The van der Waals surface area contributed by atoms with E-state index in [-0.39, 0.29) is 5.75 Å². The Morgan fingerprint density at radius 1 is 1.17 bits per heavy atom. The van der Waals surface area contributed by atoms with Gasteiger partial charge in [-0.1, -0.05) is 54.1 Å². The highest BCUT2D eigenvalue weighted by atomic mass is 35.5. The first-order chi connectivity index (χ1) is 11.1. The number of rotatable bonds is 4. The van der Waals surface area contributed by atoms with E-state index in [9.17, 15) is 5.11 Å². The lowest BCUT2D eigenvalue weighted by Gasteiger charge is -2.25. The highest BCUT2D eigenvalue weighted by Gasteiger charge is 2.16. The molecule has 2 aromatic rings. The van der Waals surface area contributed by atoms with Crippen molar-refractivity contribution in [2.24, 2.45) is 0 Å². The first-order valence-corrected chi connectivity index (χ1v) is 8.42. The summed E-state index contributed by atoms with van der Waals surface area (Å²) in [5.41, 5.74) is 4.03. The smallest absolute Gasteiger partial charge is 0.134 e. The number of phenols is 1. The van der Waals surface area contributed by atoms with E-state index < -0.39 is 0 Å². The second-order valence-corrected chi connectivity index (χ2v) is 6.60. The Morgan fingerprint density at radius 2 is 1.96 bits per heavy atom. The van der Waals surface area contributed by atoms with Gasteiger partial charge in [-0.3, -0.25) is 4.90 Å². The van der Waals surface area contributed by atoms with Crippen LogP contribution in [0.2, 0.25) is 5.02 Å². The van der Waals surface area contributed by atoms with E-state index in [4.69, 9.17) is 11.6 Å². The fourth-order valence-corrected chi connectivity index (χ4v) is 3.28. The SMILES string of the molecule is CN(CCc1ccc(O)c(Cl)c1)C1C=CCc2ccccc2C1. The zero-order valence-corrected chi connectivity index (χ0v) is 14.1. The summed E-state index contributed by atoms with van der Waals surface area (Å²) in [6.45, 7) is 0.957. The minimum Gasteiger partial charge on any atom is -0.506 e. The number of nitrogens with zero attached hydrogens (tertiary/aromatic N) is 1. The van der Waals surface area contributed by atoms with Gasteiger partial charge in [-0.05, 0) is 55.1 Å². The molecular weight excluding hydrogens is 306 g/mol. The minimum absolute atomic E-state index is 0.145. The number of aromatic hydroxyl groups is 1. The van der Waals surface area contributed by atoms with Crippen LogP contribution in [-0.2, 0) is 19.3 Å². The zero-order chi connectivity index (χ0) is 16.2. The van der Waals surface area contributed by atoms with E-state index in [0.717, 1.165) is 31.4 Å². The van der Waals surface area contributed by atoms with Crippen molar-refractivity contribution in [3.05, 3.63) is 76.3 Å². The monoisotopic (exact) mass is 327 g/mol. The van der Waals surface area contributed by atoms with Gasteiger partial charge in [0, 0.05) is 12.6 Å². The van der Waals surface area contributed by atoms with Crippen LogP contribution in [0, 0.1) is 0 Å². The average Bonchev–Trinajstić information content (AvgIpc) is 2.78. The van der Waals surface area contributed by atoms with Gasteiger partial charge in [0.05, 0.1) is 5.02 Å². The van der Waals surface area contributed by atoms with Gasteiger partial charge < -0.3 is 5.11 Å². The molecule has 120 valence electrons. The van der Waals surface area contributed by atoms with E-state index in [2.05, 4.69) is 48.4 Å². The summed E-state index contributed by atoms with van der Waals surface area (Å²) < 4.78 is 0. The van der Waals surface area contributed by atoms with Gasteiger partial charge in [0.1, 0.15) is 5.75 Å². The third-order valence-corrected chi connectivity index (χ3v) is 4.88. The summed E-state index contributed by atoms with van der Waals surface area (Å²) in [6, 6.07) is 14.6. The molecule has 3 heteroatoms. The Hall–Kier alpha value is -1.77. The van der Waals surface area contributed by atoms with E-state index in [1.807, 2.05) is 12.1 Å². The van der Waals surface area contributed by atoms with Crippen LogP contribution in [0.4, 0.5) is 0 Å². The lowest BCUT2D eigenvalue weighted by molar-refractivity contribution is 0.284. The Labute approximate surface area is 143 Å². The fraction of sp³-hybridized carbons (Fsp3) is 0.300. The third-order valence-electron chi connectivity index (χ3n) is 4.57. The number of allylic oxidation sites excluding steroid dienone is 1. The van der Waals surface area contributed by atoms with Gasteiger partial charge in [0.25, 0.3) is 0 Å². The summed E-state index contributed by atoms with van der Waals surface area (Å²) in [7, 11) is 2.17. The Bertz CT molecular complexity index is 711. The third kappa shape index (κ3) is 3.95. The molecule has 2 aromatic carbocycles. The average molecular weight is 328 g/mol. The minimum atomic E-state index is 0.145. The van der Waals surface area contributed by atoms with Crippen molar-refractivity contribution in [3.63, 3.8) is 0 Å². The predicted octanol–water partition coefficient (Wildman–Crippen LogP) is 4.24. The van der Waals surface area contributed by atoms with Gasteiger partial charge in [0.15, 0.2) is 0 Å². The lowest BCUT2D eigenvalue weighted by Crippen LogP contribution is -2.33. The number of halogens is 1. The lowest BCUT2D eigenvalue weighted by atomic mass is 10.0. The predicted molar refractivity (Wildman–Crippen MR) is 96.2 cm³/mol. The van der Waals surface area contributed by atoms with Crippen molar-refractivity contribution in [1.29, 1.82) is 0 Å². The Kier molecular flexibility index (Phi) is 5.04. The van der Waals surface area contributed by atoms with E-state index in [0.29, 0.717) is 11.1 Å². The maximum atomic E-state index is 9.50. The van der Waals surface area contributed by atoms with Crippen LogP contribution >= 0.6 is 11.6 Å². The second kappa shape index (κ2) is 7.20.